The third-order valence-electron chi connectivity index (χ3n) is 4.27. The monoisotopic (exact) mass is 344 g/mol. The van der Waals surface area contributed by atoms with Gasteiger partial charge in [-0.3, -0.25) is 4.99 Å². The van der Waals surface area contributed by atoms with Gasteiger partial charge in [-0.1, -0.05) is 23.7 Å². The van der Waals surface area contributed by atoms with Gasteiger partial charge in [0.05, 0.1) is 14.2 Å². The summed E-state index contributed by atoms with van der Waals surface area (Å²) in [6.45, 7) is 0. The number of benzene rings is 2. The van der Waals surface area contributed by atoms with Gasteiger partial charge in [0.2, 0.25) is 0 Å². The largest absolute Gasteiger partial charge is 0.493 e. The standard InChI is InChI=1S/C19H21ClN2O2/c1-22(2)18-10-13-9-16(23-3)17(24-4)11-15(13)19(21-18)12-5-7-14(20)8-6-12/h5-9,11,19H,10H2,1-4H3. The number of rotatable bonds is 3. The first-order valence-corrected chi connectivity index (χ1v) is 8.15. The number of halogens is 1. The lowest BCUT2D eigenvalue weighted by molar-refractivity contribution is 0.354. The lowest BCUT2D eigenvalue weighted by Crippen LogP contribution is -2.28. The molecule has 1 unspecified atom stereocenters. The SMILES string of the molecule is COc1cc2c(cc1OC)C(c1ccc(Cl)cc1)N=C(N(C)C)C2. The van der Waals surface area contributed by atoms with Crippen LogP contribution in [0.4, 0.5) is 0 Å². The molecule has 1 atom stereocenters. The topological polar surface area (TPSA) is 34.1 Å². The van der Waals surface area contributed by atoms with Crippen molar-refractivity contribution >= 4 is 17.4 Å². The van der Waals surface area contributed by atoms with Crippen molar-refractivity contribution in [1.82, 2.24) is 4.90 Å². The molecule has 0 saturated heterocycles. The van der Waals surface area contributed by atoms with E-state index in [1.165, 1.54) is 5.56 Å². The molecule has 126 valence electrons. The van der Waals surface area contributed by atoms with Crippen molar-refractivity contribution in [3.05, 3.63) is 58.1 Å². The summed E-state index contributed by atoms with van der Waals surface area (Å²) in [5.41, 5.74) is 3.44. The van der Waals surface area contributed by atoms with Crippen molar-refractivity contribution in [1.29, 1.82) is 0 Å². The Balaban J connectivity index is 2.15. The summed E-state index contributed by atoms with van der Waals surface area (Å²) in [5, 5.41) is 0.721. The van der Waals surface area contributed by atoms with Gasteiger partial charge in [0.1, 0.15) is 11.9 Å². The molecule has 0 aromatic heterocycles. The Kier molecular flexibility index (Phi) is 4.67. The fourth-order valence-corrected chi connectivity index (χ4v) is 3.08. The number of likely N-dealkylation sites (N-methyl/N-ethyl adjacent to an activating group) is 1. The minimum absolute atomic E-state index is 0.0803. The zero-order valence-corrected chi connectivity index (χ0v) is 15.1. The molecule has 1 aliphatic heterocycles. The second-order valence-electron chi connectivity index (χ2n) is 5.98. The molecule has 0 aliphatic carbocycles. The van der Waals surface area contributed by atoms with E-state index in [4.69, 9.17) is 26.1 Å². The van der Waals surface area contributed by atoms with E-state index in [0.29, 0.717) is 0 Å². The average molecular weight is 345 g/mol. The molecule has 0 saturated carbocycles. The first kappa shape index (κ1) is 16.7. The van der Waals surface area contributed by atoms with Gasteiger partial charge in [0.25, 0.3) is 0 Å². The highest BCUT2D eigenvalue weighted by Crippen LogP contribution is 2.40. The van der Waals surface area contributed by atoms with E-state index >= 15 is 0 Å². The Morgan fingerprint density at radius 1 is 1.04 bits per heavy atom. The number of fused-ring (bicyclic) bond motifs is 1. The maximum atomic E-state index is 6.04. The van der Waals surface area contributed by atoms with E-state index in [-0.39, 0.29) is 6.04 Å². The maximum absolute atomic E-state index is 6.04. The molecule has 0 fully saturated rings. The molecule has 0 bridgehead atoms. The second kappa shape index (κ2) is 6.73. The molecule has 1 heterocycles. The second-order valence-corrected chi connectivity index (χ2v) is 6.41. The lowest BCUT2D eigenvalue weighted by atomic mass is 9.90. The molecular formula is C19H21ClN2O2. The Bertz CT molecular complexity index is 770. The summed E-state index contributed by atoms with van der Waals surface area (Å²) >= 11 is 6.04. The van der Waals surface area contributed by atoms with Crippen molar-refractivity contribution in [2.75, 3.05) is 28.3 Å². The number of ether oxygens (including phenoxy) is 2. The van der Waals surface area contributed by atoms with Crippen LogP contribution in [0.15, 0.2) is 41.4 Å². The Labute approximate surface area is 147 Å². The van der Waals surface area contributed by atoms with E-state index in [2.05, 4.69) is 11.0 Å². The average Bonchev–Trinajstić information content (AvgIpc) is 2.60. The molecule has 0 spiro atoms. The van der Waals surface area contributed by atoms with Gasteiger partial charge in [-0.2, -0.15) is 0 Å². The molecule has 1 aliphatic rings. The number of hydrogen-bond acceptors (Lipinski definition) is 4. The van der Waals surface area contributed by atoms with Gasteiger partial charge in [-0.15, -0.1) is 0 Å². The van der Waals surface area contributed by atoms with Crippen LogP contribution < -0.4 is 9.47 Å². The van der Waals surface area contributed by atoms with Crippen LogP contribution in [0.2, 0.25) is 5.02 Å². The molecule has 0 radical (unpaired) electrons. The van der Waals surface area contributed by atoms with E-state index in [1.54, 1.807) is 14.2 Å². The highest BCUT2D eigenvalue weighted by Gasteiger charge is 2.26. The number of hydrogen-bond donors (Lipinski definition) is 0. The van der Waals surface area contributed by atoms with Crippen molar-refractivity contribution in [2.24, 2.45) is 4.99 Å². The molecule has 2 aromatic carbocycles. The number of methoxy groups -OCH3 is 2. The van der Waals surface area contributed by atoms with Crippen molar-refractivity contribution < 1.29 is 9.47 Å². The number of nitrogens with zero attached hydrogens (tertiary/aromatic N) is 2. The quantitative estimate of drug-likeness (QED) is 0.845. The van der Waals surface area contributed by atoms with Crippen LogP contribution >= 0.6 is 11.6 Å². The summed E-state index contributed by atoms with van der Waals surface area (Å²) in [6, 6.07) is 11.8. The van der Waals surface area contributed by atoms with Crippen molar-refractivity contribution in [3.8, 4) is 11.5 Å². The zero-order valence-electron chi connectivity index (χ0n) is 14.3. The molecule has 0 amide bonds. The fraction of sp³-hybridized carbons (Fsp3) is 0.316. The third-order valence-corrected chi connectivity index (χ3v) is 4.52. The van der Waals surface area contributed by atoms with Crippen LogP contribution in [0.25, 0.3) is 0 Å². The van der Waals surface area contributed by atoms with Crippen LogP contribution in [-0.4, -0.2) is 39.1 Å². The predicted molar refractivity (Wildman–Crippen MR) is 97.7 cm³/mol. The summed E-state index contributed by atoms with van der Waals surface area (Å²) in [7, 11) is 7.34. The Morgan fingerprint density at radius 3 is 2.25 bits per heavy atom. The maximum Gasteiger partial charge on any atom is 0.161 e. The van der Waals surface area contributed by atoms with E-state index in [1.807, 2.05) is 44.4 Å². The van der Waals surface area contributed by atoms with Crippen LogP contribution in [0.5, 0.6) is 11.5 Å². The first-order chi connectivity index (χ1) is 11.5. The lowest BCUT2D eigenvalue weighted by Gasteiger charge is -2.28. The number of amidine groups is 1. The van der Waals surface area contributed by atoms with Gasteiger partial charge in [0.15, 0.2) is 11.5 Å². The summed E-state index contributed by atoms with van der Waals surface area (Å²) < 4.78 is 10.9. The Morgan fingerprint density at radius 2 is 1.67 bits per heavy atom. The molecule has 4 nitrogen and oxygen atoms in total. The summed E-state index contributed by atoms with van der Waals surface area (Å²) in [5.74, 6) is 2.50. The summed E-state index contributed by atoms with van der Waals surface area (Å²) in [6.07, 6.45) is 0.771. The minimum Gasteiger partial charge on any atom is -0.493 e. The van der Waals surface area contributed by atoms with Gasteiger partial charge in [-0.05, 0) is 41.0 Å². The van der Waals surface area contributed by atoms with Crippen LogP contribution in [0.1, 0.15) is 22.7 Å². The van der Waals surface area contributed by atoms with E-state index in [9.17, 15) is 0 Å². The van der Waals surface area contributed by atoms with E-state index < -0.39 is 0 Å². The molecular weight excluding hydrogens is 324 g/mol. The van der Waals surface area contributed by atoms with Crippen molar-refractivity contribution in [3.63, 3.8) is 0 Å². The van der Waals surface area contributed by atoms with Gasteiger partial charge >= 0.3 is 0 Å². The van der Waals surface area contributed by atoms with E-state index in [0.717, 1.165) is 39.9 Å². The molecule has 0 N–H and O–H groups in total. The molecule has 2 aromatic rings. The smallest absolute Gasteiger partial charge is 0.161 e. The molecule has 3 rings (SSSR count). The Hall–Kier alpha value is -2.20. The normalized spacial score (nSPS) is 16.2. The fourth-order valence-electron chi connectivity index (χ4n) is 2.95. The van der Waals surface area contributed by atoms with Crippen LogP contribution in [0.3, 0.4) is 0 Å². The zero-order chi connectivity index (χ0) is 17.3. The van der Waals surface area contributed by atoms with Crippen LogP contribution in [-0.2, 0) is 6.42 Å². The minimum atomic E-state index is -0.0803. The molecule has 5 heteroatoms. The highest BCUT2D eigenvalue weighted by atomic mass is 35.5. The van der Waals surface area contributed by atoms with Gasteiger partial charge in [-0.25, -0.2) is 0 Å². The first-order valence-electron chi connectivity index (χ1n) is 7.77. The highest BCUT2D eigenvalue weighted by molar-refractivity contribution is 6.30. The van der Waals surface area contributed by atoms with Crippen molar-refractivity contribution in [2.45, 2.75) is 12.5 Å². The van der Waals surface area contributed by atoms with Gasteiger partial charge in [0, 0.05) is 25.5 Å². The molecule has 24 heavy (non-hydrogen) atoms. The van der Waals surface area contributed by atoms with Gasteiger partial charge < -0.3 is 14.4 Å². The number of aliphatic imine (C=N–C) groups is 1. The van der Waals surface area contributed by atoms with Crippen LogP contribution in [0, 0.1) is 0 Å². The summed E-state index contributed by atoms with van der Waals surface area (Å²) in [4.78, 5) is 7.01. The predicted octanol–water partition coefficient (Wildman–Crippen LogP) is 3.96. The third kappa shape index (κ3) is 3.06.